The van der Waals surface area contributed by atoms with E-state index in [4.69, 9.17) is 26.7 Å². The lowest BCUT2D eigenvalue weighted by atomic mass is 10.1. The van der Waals surface area contributed by atoms with Gasteiger partial charge < -0.3 is 15.5 Å². The number of nitrogens with two attached hydrogens (primary N) is 1. The molecule has 0 aliphatic rings. The van der Waals surface area contributed by atoms with Crippen LogP contribution < -0.4 is 16.6 Å². The summed E-state index contributed by atoms with van der Waals surface area (Å²) in [6.45, 7) is 1.90. The topological polar surface area (TPSA) is 112 Å². The predicted molar refractivity (Wildman–Crippen MR) is 129 cm³/mol. The highest BCUT2D eigenvalue weighted by molar-refractivity contribution is 6.35. The molecule has 164 valence electrons. The number of hydrogen-bond donors (Lipinski definition) is 2. The fourth-order valence-corrected chi connectivity index (χ4v) is 3.98. The molecule has 9 heteroatoms. The van der Waals surface area contributed by atoms with E-state index in [0.29, 0.717) is 38.8 Å². The third kappa shape index (κ3) is 3.81. The Labute approximate surface area is 193 Å². The standard InChI is InChI=1S/C24H19ClN6O2/c1-14(28-21-17(12-27-24(26)30-21)15-10-11-33-13-15)22-29-19-9-5-8-18(25)20(19)23(32)31(22)16-6-3-2-4-7-16/h2-14H,1H3,(H3,26,27,28,30). The first-order valence-electron chi connectivity index (χ1n) is 10.2. The molecule has 5 aromatic rings. The van der Waals surface area contributed by atoms with E-state index in [0.717, 1.165) is 5.56 Å². The third-order valence-electron chi connectivity index (χ3n) is 5.27. The van der Waals surface area contributed by atoms with Crippen molar-refractivity contribution < 1.29 is 4.42 Å². The molecule has 3 N–H and O–H groups in total. The molecule has 0 saturated carbocycles. The lowest BCUT2D eigenvalue weighted by Crippen LogP contribution is -2.27. The number of halogens is 1. The second-order valence-electron chi connectivity index (χ2n) is 7.45. The summed E-state index contributed by atoms with van der Waals surface area (Å²) in [5.74, 6) is 1.11. The van der Waals surface area contributed by atoms with E-state index in [-0.39, 0.29) is 11.5 Å². The highest BCUT2D eigenvalue weighted by Gasteiger charge is 2.21. The minimum Gasteiger partial charge on any atom is -0.472 e. The number of para-hydroxylation sites is 1. The van der Waals surface area contributed by atoms with Gasteiger partial charge in [0, 0.05) is 17.3 Å². The molecule has 0 spiro atoms. The molecule has 0 aliphatic heterocycles. The number of nitrogens with one attached hydrogen (secondary N) is 1. The van der Waals surface area contributed by atoms with Crippen molar-refractivity contribution in [2.45, 2.75) is 13.0 Å². The Morgan fingerprint density at radius 1 is 1.09 bits per heavy atom. The van der Waals surface area contributed by atoms with Crippen LogP contribution in [0.1, 0.15) is 18.8 Å². The van der Waals surface area contributed by atoms with Gasteiger partial charge in [0.05, 0.1) is 40.2 Å². The number of hydrogen-bond acceptors (Lipinski definition) is 7. The average Bonchev–Trinajstić information content (AvgIpc) is 3.34. The summed E-state index contributed by atoms with van der Waals surface area (Å²) in [7, 11) is 0. The highest BCUT2D eigenvalue weighted by Crippen LogP contribution is 2.30. The maximum absolute atomic E-state index is 13.6. The third-order valence-corrected chi connectivity index (χ3v) is 5.58. The van der Waals surface area contributed by atoms with Gasteiger partial charge in [0.15, 0.2) is 0 Å². The lowest BCUT2D eigenvalue weighted by Gasteiger charge is -2.21. The monoisotopic (exact) mass is 458 g/mol. The zero-order chi connectivity index (χ0) is 22.9. The van der Waals surface area contributed by atoms with Crippen LogP contribution in [0.4, 0.5) is 11.8 Å². The number of anilines is 2. The quantitative estimate of drug-likeness (QED) is 0.387. The molecule has 3 heterocycles. The van der Waals surface area contributed by atoms with Crippen molar-refractivity contribution in [3.63, 3.8) is 0 Å². The first-order valence-corrected chi connectivity index (χ1v) is 10.6. The zero-order valence-electron chi connectivity index (χ0n) is 17.6. The summed E-state index contributed by atoms with van der Waals surface area (Å²) in [6.07, 6.45) is 4.79. The summed E-state index contributed by atoms with van der Waals surface area (Å²) in [6, 6.07) is 15.9. The van der Waals surface area contributed by atoms with Gasteiger partial charge in [-0.05, 0) is 37.3 Å². The van der Waals surface area contributed by atoms with Gasteiger partial charge in [-0.2, -0.15) is 4.98 Å². The van der Waals surface area contributed by atoms with Crippen LogP contribution in [-0.2, 0) is 0 Å². The molecule has 0 amide bonds. The Bertz CT molecular complexity index is 1500. The Morgan fingerprint density at radius 3 is 2.67 bits per heavy atom. The number of nitrogen functional groups attached to an aromatic ring is 1. The number of benzene rings is 2. The number of furan rings is 1. The van der Waals surface area contributed by atoms with Gasteiger partial charge in [-0.25, -0.2) is 9.97 Å². The SMILES string of the molecule is CC(Nc1nc(N)ncc1-c1ccoc1)c1nc2cccc(Cl)c2c(=O)n1-c1ccccc1. The highest BCUT2D eigenvalue weighted by atomic mass is 35.5. The molecular weight excluding hydrogens is 440 g/mol. The maximum atomic E-state index is 13.6. The smallest absolute Gasteiger partial charge is 0.267 e. The van der Waals surface area contributed by atoms with Crippen molar-refractivity contribution >= 4 is 34.3 Å². The number of aromatic nitrogens is 4. The molecular formula is C24H19ClN6O2. The van der Waals surface area contributed by atoms with Gasteiger partial charge in [0.1, 0.15) is 11.6 Å². The average molecular weight is 459 g/mol. The van der Waals surface area contributed by atoms with E-state index in [1.165, 1.54) is 0 Å². The van der Waals surface area contributed by atoms with E-state index in [1.54, 1.807) is 47.6 Å². The summed E-state index contributed by atoms with van der Waals surface area (Å²) >= 11 is 6.37. The number of rotatable bonds is 5. The van der Waals surface area contributed by atoms with Crippen molar-refractivity contribution in [1.82, 2.24) is 19.5 Å². The van der Waals surface area contributed by atoms with Crippen LogP contribution in [0, 0.1) is 0 Å². The second kappa shape index (κ2) is 8.40. The van der Waals surface area contributed by atoms with Crippen molar-refractivity contribution in [3.05, 3.63) is 94.5 Å². The van der Waals surface area contributed by atoms with Crippen molar-refractivity contribution in [2.75, 3.05) is 11.1 Å². The molecule has 2 aromatic carbocycles. The van der Waals surface area contributed by atoms with Crippen LogP contribution >= 0.6 is 11.6 Å². The first kappa shape index (κ1) is 20.7. The fourth-order valence-electron chi connectivity index (χ4n) is 3.73. The van der Waals surface area contributed by atoms with Gasteiger partial charge in [-0.15, -0.1) is 0 Å². The van der Waals surface area contributed by atoms with Gasteiger partial charge in [-0.3, -0.25) is 9.36 Å². The molecule has 3 aromatic heterocycles. The lowest BCUT2D eigenvalue weighted by molar-refractivity contribution is 0.568. The van der Waals surface area contributed by atoms with Crippen molar-refractivity contribution in [3.8, 4) is 16.8 Å². The van der Waals surface area contributed by atoms with Gasteiger partial charge in [0.25, 0.3) is 5.56 Å². The molecule has 0 aliphatic carbocycles. The molecule has 0 saturated heterocycles. The number of nitrogens with zero attached hydrogens (tertiary/aromatic N) is 4. The van der Waals surface area contributed by atoms with E-state index in [2.05, 4.69) is 15.3 Å². The second-order valence-corrected chi connectivity index (χ2v) is 7.86. The fraction of sp³-hybridized carbons (Fsp3) is 0.0833. The Hall–Kier alpha value is -4.17. The molecule has 1 atom stereocenters. The first-order chi connectivity index (χ1) is 16.0. The van der Waals surface area contributed by atoms with E-state index in [9.17, 15) is 4.79 Å². The minimum absolute atomic E-state index is 0.121. The Balaban J connectivity index is 1.68. The van der Waals surface area contributed by atoms with Gasteiger partial charge in [0.2, 0.25) is 5.95 Å². The minimum atomic E-state index is -0.429. The van der Waals surface area contributed by atoms with Crippen LogP contribution in [0.2, 0.25) is 5.02 Å². The van der Waals surface area contributed by atoms with Crippen molar-refractivity contribution in [2.24, 2.45) is 0 Å². The van der Waals surface area contributed by atoms with Gasteiger partial charge in [-0.1, -0.05) is 35.9 Å². The maximum Gasteiger partial charge on any atom is 0.267 e. The molecule has 1 unspecified atom stereocenters. The van der Waals surface area contributed by atoms with Crippen LogP contribution in [0.25, 0.3) is 27.7 Å². The zero-order valence-corrected chi connectivity index (χ0v) is 18.3. The molecule has 33 heavy (non-hydrogen) atoms. The van der Waals surface area contributed by atoms with E-state index in [1.807, 2.05) is 37.3 Å². The largest absolute Gasteiger partial charge is 0.472 e. The summed E-state index contributed by atoms with van der Waals surface area (Å²) in [5.41, 5.74) is 8.31. The normalized spacial score (nSPS) is 12.1. The van der Waals surface area contributed by atoms with E-state index >= 15 is 0 Å². The van der Waals surface area contributed by atoms with Crippen LogP contribution in [-0.4, -0.2) is 19.5 Å². The summed E-state index contributed by atoms with van der Waals surface area (Å²) in [4.78, 5) is 26.9. The van der Waals surface area contributed by atoms with Crippen LogP contribution in [0.15, 0.2) is 82.5 Å². The molecule has 8 nitrogen and oxygen atoms in total. The molecule has 5 rings (SSSR count). The molecule has 0 radical (unpaired) electrons. The Morgan fingerprint density at radius 2 is 1.91 bits per heavy atom. The summed E-state index contributed by atoms with van der Waals surface area (Å²) < 4.78 is 6.77. The van der Waals surface area contributed by atoms with Crippen molar-refractivity contribution in [1.29, 1.82) is 0 Å². The number of fused-ring (bicyclic) bond motifs is 1. The van der Waals surface area contributed by atoms with Crippen LogP contribution in [0.3, 0.4) is 0 Å². The predicted octanol–water partition coefficient (Wildman–Crippen LogP) is 4.84. The van der Waals surface area contributed by atoms with Gasteiger partial charge >= 0.3 is 0 Å². The molecule has 0 fully saturated rings. The summed E-state index contributed by atoms with van der Waals surface area (Å²) in [5, 5.41) is 4.06. The Kier molecular flexibility index (Phi) is 5.27. The van der Waals surface area contributed by atoms with E-state index < -0.39 is 6.04 Å². The van der Waals surface area contributed by atoms with Crippen LogP contribution in [0.5, 0.6) is 0 Å². The molecule has 0 bridgehead atoms.